The summed E-state index contributed by atoms with van der Waals surface area (Å²) < 4.78 is 44.6. The number of rotatable bonds is 4. The first-order chi connectivity index (χ1) is 9.54. The molecule has 2 aliphatic carbocycles. The van der Waals surface area contributed by atoms with Crippen LogP contribution < -0.4 is 5.32 Å². The van der Waals surface area contributed by atoms with Crippen molar-refractivity contribution in [3.05, 3.63) is 11.8 Å². The lowest BCUT2D eigenvalue weighted by Crippen LogP contribution is -2.31. The first-order valence-corrected chi connectivity index (χ1v) is 7.16. The molecule has 2 aliphatic rings. The van der Waals surface area contributed by atoms with Crippen molar-refractivity contribution >= 4 is 0 Å². The van der Waals surface area contributed by atoms with Crippen molar-refractivity contribution in [3.8, 4) is 0 Å². The van der Waals surface area contributed by atoms with Crippen molar-refractivity contribution in [2.45, 2.75) is 63.2 Å². The van der Waals surface area contributed by atoms with Gasteiger partial charge in [-0.05, 0) is 25.7 Å². The van der Waals surface area contributed by atoms with Crippen LogP contribution >= 0.6 is 0 Å². The molecule has 0 bridgehead atoms. The Balaban J connectivity index is 1.69. The Bertz CT molecular complexity index is 456. The Morgan fingerprint density at radius 1 is 1.10 bits per heavy atom. The van der Waals surface area contributed by atoms with Gasteiger partial charge in [-0.3, -0.25) is 0 Å². The van der Waals surface area contributed by atoms with Gasteiger partial charge in [0.15, 0.2) is 0 Å². The molecule has 4 nitrogen and oxygen atoms in total. The van der Waals surface area contributed by atoms with Crippen molar-refractivity contribution < 1.29 is 17.6 Å². The number of aromatic nitrogens is 2. The van der Waals surface area contributed by atoms with Gasteiger partial charge in [-0.25, -0.2) is 0 Å². The van der Waals surface area contributed by atoms with Crippen LogP contribution in [0.4, 0.5) is 13.2 Å². The molecule has 0 saturated heterocycles. The number of nitrogens with zero attached hydrogens (tertiary/aromatic N) is 2. The Hall–Kier alpha value is -1.11. The van der Waals surface area contributed by atoms with Crippen molar-refractivity contribution in [2.75, 3.05) is 0 Å². The summed E-state index contributed by atoms with van der Waals surface area (Å²) in [6.45, 7) is 0.446. The highest BCUT2D eigenvalue weighted by atomic mass is 19.4. The summed E-state index contributed by atoms with van der Waals surface area (Å²) in [6, 6.07) is 0.503. The summed E-state index contributed by atoms with van der Waals surface area (Å²) in [5.74, 6) is -1.48. The molecule has 0 amide bonds. The highest BCUT2D eigenvalue weighted by Gasteiger charge is 2.47. The molecule has 0 aliphatic heterocycles. The van der Waals surface area contributed by atoms with Gasteiger partial charge in [-0.15, -0.1) is 10.2 Å². The minimum absolute atomic E-state index is 0.152. The number of nitrogens with one attached hydrogen (secondary N) is 1. The van der Waals surface area contributed by atoms with Crippen molar-refractivity contribution in [3.63, 3.8) is 0 Å². The summed E-state index contributed by atoms with van der Waals surface area (Å²) in [5.41, 5.74) is 0. The number of hydrogen-bond donors (Lipinski definition) is 1. The van der Waals surface area contributed by atoms with E-state index in [9.17, 15) is 13.2 Å². The molecule has 2 saturated carbocycles. The fraction of sp³-hybridized carbons (Fsp3) is 0.846. The Labute approximate surface area is 115 Å². The van der Waals surface area contributed by atoms with Crippen LogP contribution in [0.3, 0.4) is 0 Å². The van der Waals surface area contributed by atoms with E-state index >= 15 is 0 Å². The molecule has 1 aromatic rings. The zero-order chi connectivity index (χ0) is 14.2. The molecular formula is C13H18F3N3O. The number of alkyl halides is 3. The summed E-state index contributed by atoms with van der Waals surface area (Å²) >= 11 is 0. The predicted molar refractivity (Wildman–Crippen MR) is 64.9 cm³/mol. The van der Waals surface area contributed by atoms with E-state index in [1.807, 2.05) is 0 Å². The van der Waals surface area contributed by atoms with Gasteiger partial charge < -0.3 is 9.73 Å². The van der Waals surface area contributed by atoms with Crippen LogP contribution in [0.15, 0.2) is 4.42 Å². The van der Waals surface area contributed by atoms with Crippen LogP contribution in [0.2, 0.25) is 0 Å². The number of hydrogen-bond acceptors (Lipinski definition) is 4. The molecule has 2 unspecified atom stereocenters. The van der Waals surface area contributed by atoms with E-state index in [2.05, 4.69) is 15.5 Å². The molecule has 112 valence electrons. The monoisotopic (exact) mass is 289 g/mol. The molecular weight excluding hydrogens is 271 g/mol. The SMILES string of the molecule is FC(F)(F)C1CCCCC1c1nnc(CNC2CC2)o1. The maximum Gasteiger partial charge on any atom is 0.392 e. The lowest BCUT2D eigenvalue weighted by molar-refractivity contribution is -0.188. The van der Waals surface area contributed by atoms with Crippen LogP contribution in [-0.2, 0) is 6.54 Å². The molecule has 20 heavy (non-hydrogen) atoms. The standard InChI is InChI=1S/C13H18F3N3O/c14-13(15,16)10-4-2-1-3-9(10)12-19-18-11(20-12)7-17-8-5-6-8/h8-10,17H,1-7H2. The maximum atomic E-state index is 13.0. The smallest absolute Gasteiger partial charge is 0.392 e. The molecule has 1 N–H and O–H groups in total. The Morgan fingerprint density at radius 3 is 2.55 bits per heavy atom. The zero-order valence-electron chi connectivity index (χ0n) is 11.1. The lowest BCUT2D eigenvalue weighted by atomic mass is 9.79. The fourth-order valence-corrected chi connectivity index (χ4v) is 2.83. The molecule has 0 spiro atoms. The Kier molecular flexibility index (Phi) is 3.70. The summed E-state index contributed by atoms with van der Waals surface area (Å²) in [7, 11) is 0. The topological polar surface area (TPSA) is 51.0 Å². The quantitative estimate of drug-likeness (QED) is 0.925. The molecule has 7 heteroatoms. The van der Waals surface area contributed by atoms with Crippen molar-refractivity contribution in [1.82, 2.24) is 15.5 Å². The van der Waals surface area contributed by atoms with E-state index < -0.39 is 18.0 Å². The van der Waals surface area contributed by atoms with Crippen LogP contribution in [0, 0.1) is 5.92 Å². The van der Waals surface area contributed by atoms with Gasteiger partial charge in [0.05, 0.1) is 12.5 Å². The summed E-state index contributed by atoms with van der Waals surface area (Å²) in [5, 5.41) is 10.9. The molecule has 0 aromatic carbocycles. The van der Waals surface area contributed by atoms with Gasteiger partial charge in [0, 0.05) is 12.0 Å². The van der Waals surface area contributed by atoms with Gasteiger partial charge in [0.1, 0.15) is 0 Å². The second-order valence-electron chi connectivity index (χ2n) is 5.73. The van der Waals surface area contributed by atoms with E-state index in [1.54, 1.807) is 0 Å². The van der Waals surface area contributed by atoms with E-state index in [0.29, 0.717) is 31.3 Å². The minimum Gasteiger partial charge on any atom is -0.424 e. The van der Waals surface area contributed by atoms with Crippen LogP contribution in [-0.4, -0.2) is 22.4 Å². The largest absolute Gasteiger partial charge is 0.424 e. The Morgan fingerprint density at radius 2 is 1.85 bits per heavy atom. The van der Waals surface area contributed by atoms with Gasteiger partial charge in [0.25, 0.3) is 0 Å². The molecule has 2 fully saturated rings. The number of halogens is 3. The minimum atomic E-state index is -4.19. The fourth-order valence-electron chi connectivity index (χ4n) is 2.83. The third-order valence-electron chi connectivity index (χ3n) is 4.11. The molecule has 1 heterocycles. The second kappa shape index (κ2) is 5.35. The molecule has 1 aromatic heterocycles. The van der Waals surface area contributed by atoms with E-state index in [0.717, 1.165) is 19.3 Å². The third-order valence-corrected chi connectivity index (χ3v) is 4.11. The first-order valence-electron chi connectivity index (χ1n) is 7.16. The molecule has 3 rings (SSSR count). The third kappa shape index (κ3) is 3.13. The average molecular weight is 289 g/mol. The van der Waals surface area contributed by atoms with E-state index in [-0.39, 0.29) is 12.3 Å². The highest BCUT2D eigenvalue weighted by molar-refractivity contribution is 4.99. The van der Waals surface area contributed by atoms with Crippen LogP contribution in [0.1, 0.15) is 56.2 Å². The average Bonchev–Trinajstić information content (AvgIpc) is 3.12. The van der Waals surface area contributed by atoms with Gasteiger partial charge in [0.2, 0.25) is 11.8 Å². The van der Waals surface area contributed by atoms with Crippen LogP contribution in [0.25, 0.3) is 0 Å². The van der Waals surface area contributed by atoms with Gasteiger partial charge in [-0.1, -0.05) is 12.8 Å². The molecule has 0 radical (unpaired) electrons. The van der Waals surface area contributed by atoms with Crippen molar-refractivity contribution in [1.29, 1.82) is 0 Å². The zero-order valence-corrected chi connectivity index (χ0v) is 11.1. The van der Waals surface area contributed by atoms with Gasteiger partial charge >= 0.3 is 6.18 Å². The highest BCUT2D eigenvalue weighted by Crippen LogP contribution is 2.45. The lowest BCUT2D eigenvalue weighted by Gasteiger charge is -2.30. The second-order valence-corrected chi connectivity index (χ2v) is 5.73. The normalized spacial score (nSPS) is 27.8. The molecule has 2 atom stereocenters. The van der Waals surface area contributed by atoms with E-state index in [4.69, 9.17) is 4.42 Å². The predicted octanol–water partition coefficient (Wildman–Crippen LogP) is 3.16. The van der Waals surface area contributed by atoms with Gasteiger partial charge in [-0.2, -0.15) is 13.2 Å². The first kappa shape index (κ1) is 13.9. The maximum absolute atomic E-state index is 13.0. The van der Waals surface area contributed by atoms with E-state index in [1.165, 1.54) is 0 Å². The van der Waals surface area contributed by atoms with Crippen molar-refractivity contribution in [2.24, 2.45) is 5.92 Å². The summed E-state index contributed by atoms with van der Waals surface area (Å²) in [4.78, 5) is 0. The van der Waals surface area contributed by atoms with Crippen LogP contribution in [0.5, 0.6) is 0 Å². The summed E-state index contributed by atoms with van der Waals surface area (Å²) in [6.07, 6.45) is 0.125.